The Hall–Kier alpha value is -2.56. The molecule has 0 aliphatic heterocycles. The van der Waals surface area contributed by atoms with Gasteiger partial charge >= 0.3 is 0 Å². The summed E-state index contributed by atoms with van der Waals surface area (Å²) < 4.78 is 31.6. The number of hydrogen-bond acceptors (Lipinski definition) is 7. The third kappa shape index (κ3) is 3.60. The Morgan fingerprint density at radius 3 is 2.60 bits per heavy atom. The van der Waals surface area contributed by atoms with Crippen LogP contribution < -0.4 is 0 Å². The van der Waals surface area contributed by atoms with Crippen LogP contribution in [-0.2, 0) is 16.6 Å². The first-order valence-electron chi connectivity index (χ1n) is 7.07. The number of nitrogens with zero attached hydrogens (tertiary/aromatic N) is 3. The van der Waals surface area contributed by atoms with E-state index in [4.69, 9.17) is 4.42 Å². The molecule has 0 atom stereocenters. The first kappa shape index (κ1) is 17.3. The van der Waals surface area contributed by atoms with Gasteiger partial charge in [-0.1, -0.05) is 6.07 Å². The van der Waals surface area contributed by atoms with Crippen LogP contribution >= 0.6 is 11.3 Å². The molecule has 3 rings (SSSR count). The fourth-order valence-electron chi connectivity index (χ4n) is 2.11. The van der Waals surface area contributed by atoms with Gasteiger partial charge in [0.15, 0.2) is 0 Å². The Balaban J connectivity index is 1.76. The van der Waals surface area contributed by atoms with Crippen molar-refractivity contribution in [1.82, 2.24) is 9.29 Å². The minimum atomic E-state index is -3.57. The molecule has 0 aliphatic carbocycles. The van der Waals surface area contributed by atoms with Crippen molar-refractivity contribution in [3.8, 4) is 11.5 Å². The summed E-state index contributed by atoms with van der Waals surface area (Å²) in [6, 6.07) is 8.98. The van der Waals surface area contributed by atoms with Crippen LogP contribution in [0.1, 0.15) is 5.69 Å². The SMILES string of the molecule is CN(Cc1coc(-c2ccc([N+](=O)[O-])cc2)n1)S(=O)(=O)c1cccs1. The van der Waals surface area contributed by atoms with Gasteiger partial charge in [0.2, 0.25) is 5.89 Å². The van der Waals surface area contributed by atoms with Gasteiger partial charge in [-0.15, -0.1) is 11.3 Å². The molecular formula is C15H13N3O5S2. The Kier molecular flexibility index (Phi) is 4.66. The highest BCUT2D eigenvalue weighted by Crippen LogP contribution is 2.24. The van der Waals surface area contributed by atoms with Crippen LogP contribution in [0.25, 0.3) is 11.5 Å². The van der Waals surface area contributed by atoms with Gasteiger partial charge in [0.1, 0.15) is 10.5 Å². The lowest BCUT2D eigenvalue weighted by Crippen LogP contribution is -2.25. The Morgan fingerprint density at radius 2 is 2.00 bits per heavy atom. The second-order valence-corrected chi connectivity index (χ2v) is 8.36. The number of rotatable bonds is 6. The van der Waals surface area contributed by atoms with Crippen molar-refractivity contribution in [1.29, 1.82) is 0 Å². The van der Waals surface area contributed by atoms with Gasteiger partial charge < -0.3 is 4.42 Å². The van der Waals surface area contributed by atoms with Crippen molar-refractivity contribution < 1.29 is 17.8 Å². The number of non-ortho nitro benzene ring substituents is 1. The van der Waals surface area contributed by atoms with E-state index < -0.39 is 14.9 Å². The van der Waals surface area contributed by atoms with Gasteiger partial charge in [-0.25, -0.2) is 13.4 Å². The predicted octanol–water partition coefficient (Wildman–Crippen LogP) is 3.13. The third-order valence-electron chi connectivity index (χ3n) is 3.42. The molecule has 25 heavy (non-hydrogen) atoms. The minimum Gasteiger partial charge on any atom is -0.444 e. The molecular weight excluding hydrogens is 366 g/mol. The fourth-order valence-corrected chi connectivity index (χ4v) is 4.46. The van der Waals surface area contributed by atoms with Gasteiger partial charge in [-0.3, -0.25) is 10.1 Å². The van der Waals surface area contributed by atoms with E-state index in [1.807, 2.05) is 0 Å². The second-order valence-electron chi connectivity index (χ2n) is 5.14. The molecule has 0 N–H and O–H groups in total. The van der Waals surface area contributed by atoms with E-state index in [0.717, 1.165) is 11.3 Å². The normalized spacial score (nSPS) is 11.8. The summed E-state index contributed by atoms with van der Waals surface area (Å²) in [6.45, 7) is 0.0523. The summed E-state index contributed by atoms with van der Waals surface area (Å²) in [6.07, 6.45) is 1.37. The molecule has 130 valence electrons. The molecule has 0 saturated carbocycles. The van der Waals surface area contributed by atoms with Crippen LogP contribution in [0.4, 0.5) is 5.69 Å². The fraction of sp³-hybridized carbons (Fsp3) is 0.133. The van der Waals surface area contributed by atoms with E-state index in [2.05, 4.69) is 4.98 Å². The summed E-state index contributed by atoms with van der Waals surface area (Å²) >= 11 is 1.15. The van der Waals surface area contributed by atoms with Crippen LogP contribution in [0.2, 0.25) is 0 Å². The van der Waals surface area contributed by atoms with Crippen molar-refractivity contribution in [2.24, 2.45) is 0 Å². The molecule has 8 nitrogen and oxygen atoms in total. The van der Waals surface area contributed by atoms with Crippen LogP contribution in [-0.4, -0.2) is 29.7 Å². The van der Waals surface area contributed by atoms with Crippen molar-refractivity contribution >= 4 is 27.0 Å². The highest BCUT2D eigenvalue weighted by molar-refractivity contribution is 7.91. The monoisotopic (exact) mass is 379 g/mol. The number of hydrogen-bond donors (Lipinski definition) is 0. The van der Waals surface area contributed by atoms with E-state index in [1.165, 1.54) is 41.9 Å². The van der Waals surface area contributed by atoms with Crippen molar-refractivity contribution in [2.45, 2.75) is 10.8 Å². The van der Waals surface area contributed by atoms with E-state index in [9.17, 15) is 18.5 Å². The maximum Gasteiger partial charge on any atom is 0.269 e. The van der Waals surface area contributed by atoms with E-state index >= 15 is 0 Å². The average molecular weight is 379 g/mol. The molecule has 2 aromatic heterocycles. The van der Waals surface area contributed by atoms with Gasteiger partial charge in [0.25, 0.3) is 15.7 Å². The van der Waals surface area contributed by atoms with Crippen molar-refractivity contribution in [2.75, 3.05) is 7.05 Å². The largest absolute Gasteiger partial charge is 0.444 e. The van der Waals surface area contributed by atoms with Crippen LogP contribution in [0, 0.1) is 10.1 Å². The summed E-state index contributed by atoms with van der Waals surface area (Å²) in [5, 5.41) is 12.4. The number of oxazole rings is 1. The number of benzene rings is 1. The molecule has 0 amide bonds. The lowest BCUT2D eigenvalue weighted by atomic mass is 10.2. The first-order valence-corrected chi connectivity index (χ1v) is 9.39. The molecule has 0 fully saturated rings. The van der Waals surface area contributed by atoms with Crippen LogP contribution in [0.5, 0.6) is 0 Å². The predicted molar refractivity (Wildman–Crippen MR) is 91.6 cm³/mol. The zero-order valence-corrected chi connectivity index (χ0v) is 14.7. The van der Waals surface area contributed by atoms with Crippen molar-refractivity contribution in [3.05, 3.63) is 63.8 Å². The lowest BCUT2D eigenvalue weighted by Gasteiger charge is -2.14. The molecule has 0 unspecified atom stereocenters. The molecule has 3 aromatic rings. The summed E-state index contributed by atoms with van der Waals surface area (Å²) in [4.78, 5) is 14.4. The van der Waals surface area contributed by atoms with Crippen LogP contribution in [0.3, 0.4) is 0 Å². The summed E-state index contributed by atoms with van der Waals surface area (Å²) in [5.41, 5.74) is 0.980. The molecule has 2 heterocycles. The molecule has 0 bridgehead atoms. The zero-order valence-electron chi connectivity index (χ0n) is 13.0. The van der Waals surface area contributed by atoms with Crippen LogP contribution in [0.15, 0.2) is 56.7 Å². The number of thiophene rings is 1. The van der Waals surface area contributed by atoms with Gasteiger partial charge in [0.05, 0.1) is 17.2 Å². The molecule has 0 saturated heterocycles. The topological polar surface area (TPSA) is 107 Å². The maximum atomic E-state index is 12.4. The highest BCUT2D eigenvalue weighted by atomic mass is 32.2. The summed E-state index contributed by atoms with van der Waals surface area (Å²) in [5.74, 6) is 0.270. The molecule has 1 aromatic carbocycles. The smallest absolute Gasteiger partial charge is 0.269 e. The maximum absolute atomic E-state index is 12.4. The number of nitro groups is 1. The third-order valence-corrected chi connectivity index (χ3v) is 6.60. The highest BCUT2D eigenvalue weighted by Gasteiger charge is 2.23. The molecule has 0 aliphatic rings. The first-order chi connectivity index (χ1) is 11.9. The Bertz CT molecular complexity index is 979. The molecule has 0 radical (unpaired) electrons. The van der Waals surface area contributed by atoms with Gasteiger partial charge in [-0.05, 0) is 23.6 Å². The number of aromatic nitrogens is 1. The molecule has 0 spiro atoms. The summed E-state index contributed by atoms with van der Waals surface area (Å²) in [7, 11) is -2.10. The molecule has 10 heteroatoms. The van der Waals surface area contributed by atoms with E-state index in [-0.39, 0.29) is 22.3 Å². The minimum absolute atomic E-state index is 0.0303. The van der Waals surface area contributed by atoms with E-state index in [1.54, 1.807) is 17.5 Å². The van der Waals surface area contributed by atoms with Gasteiger partial charge in [0, 0.05) is 24.7 Å². The Labute approximate surface area is 147 Å². The quantitative estimate of drug-likeness (QED) is 0.481. The average Bonchev–Trinajstić information content (AvgIpc) is 3.27. The number of nitro benzene ring substituents is 1. The second kappa shape index (κ2) is 6.75. The lowest BCUT2D eigenvalue weighted by molar-refractivity contribution is -0.384. The van der Waals surface area contributed by atoms with E-state index in [0.29, 0.717) is 11.3 Å². The van der Waals surface area contributed by atoms with Crippen molar-refractivity contribution in [3.63, 3.8) is 0 Å². The standard InChI is InChI=1S/C15H13N3O5S2/c1-17(25(21,22)14-3-2-8-24-14)9-12-10-23-15(16-12)11-4-6-13(7-5-11)18(19)20/h2-8,10H,9H2,1H3. The van der Waals surface area contributed by atoms with Gasteiger partial charge in [-0.2, -0.15) is 4.31 Å². The number of sulfonamides is 1. The Morgan fingerprint density at radius 1 is 1.28 bits per heavy atom. The zero-order chi connectivity index (χ0) is 18.0.